The predicted octanol–water partition coefficient (Wildman–Crippen LogP) is 4.10. The molecule has 4 rings (SSSR count). The summed E-state index contributed by atoms with van der Waals surface area (Å²) >= 11 is 0. The number of aryl methyl sites for hydroxylation is 1. The summed E-state index contributed by atoms with van der Waals surface area (Å²) in [6.07, 6.45) is 11.7. The number of hydrogen-bond donors (Lipinski definition) is 1. The first-order valence-electron chi connectivity index (χ1n) is 7.79. The summed E-state index contributed by atoms with van der Waals surface area (Å²) in [6, 6.07) is 9.86. The van der Waals surface area contributed by atoms with Crippen LogP contribution < -0.4 is 5.32 Å². The number of nitrogens with zero attached hydrogens (tertiary/aromatic N) is 2. The van der Waals surface area contributed by atoms with Gasteiger partial charge in [0.1, 0.15) is 0 Å². The molecular formula is C17H21N3. The summed E-state index contributed by atoms with van der Waals surface area (Å²) in [5.41, 5.74) is 2.94. The van der Waals surface area contributed by atoms with Crippen molar-refractivity contribution in [3.63, 3.8) is 0 Å². The molecule has 0 radical (unpaired) electrons. The molecule has 1 fully saturated rings. The van der Waals surface area contributed by atoms with E-state index in [4.69, 9.17) is 0 Å². The average molecular weight is 267 g/mol. The Hall–Kier alpha value is -1.77. The van der Waals surface area contributed by atoms with Gasteiger partial charge in [0.25, 0.3) is 0 Å². The molecule has 1 aromatic heterocycles. The second-order valence-electron chi connectivity index (χ2n) is 6.03. The Morgan fingerprint density at radius 2 is 1.95 bits per heavy atom. The molecule has 2 aliphatic carbocycles. The fraction of sp³-hybridized carbons (Fsp3) is 0.471. The standard InChI is InChI=1S/C17H21N3/c1-4-8-15-13(5-1)9-10-16(15)19-17-18-11-12-20(17)14-6-2-3-7-14/h1,4-5,8,11-12,14,16H,2-3,6-7,9-10H2,(H,18,19). The van der Waals surface area contributed by atoms with E-state index in [9.17, 15) is 0 Å². The van der Waals surface area contributed by atoms with E-state index in [1.165, 1.54) is 49.7 Å². The number of hydrogen-bond acceptors (Lipinski definition) is 2. The highest BCUT2D eigenvalue weighted by Gasteiger charge is 2.25. The van der Waals surface area contributed by atoms with Crippen LogP contribution in [0.3, 0.4) is 0 Å². The van der Waals surface area contributed by atoms with E-state index in [0.29, 0.717) is 12.1 Å². The molecule has 1 aromatic carbocycles. The van der Waals surface area contributed by atoms with Gasteiger partial charge in [-0.2, -0.15) is 0 Å². The fourth-order valence-electron chi connectivity index (χ4n) is 3.76. The smallest absolute Gasteiger partial charge is 0.203 e. The first kappa shape index (κ1) is 12.0. The predicted molar refractivity (Wildman–Crippen MR) is 80.9 cm³/mol. The minimum Gasteiger partial charge on any atom is -0.349 e. The zero-order valence-corrected chi connectivity index (χ0v) is 11.8. The number of aromatic nitrogens is 2. The van der Waals surface area contributed by atoms with Crippen LogP contribution in [0.2, 0.25) is 0 Å². The van der Waals surface area contributed by atoms with Crippen molar-refractivity contribution in [1.29, 1.82) is 0 Å². The number of anilines is 1. The van der Waals surface area contributed by atoms with Gasteiger partial charge >= 0.3 is 0 Å². The molecule has 104 valence electrons. The lowest BCUT2D eigenvalue weighted by atomic mass is 10.1. The first-order valence-corrected chi connectivity index (χ1v) is 7.79. The van der Waals surface area contributed by atoms with Crippen molar-refractivity contribution in [3.05, 3.63) is 47.8 Å². The lowest BCUT2D eigenvalue weighted by molar-refractivity contribution is 0.520. The third-order valence-electron chi connectivity index (χ3n) is 4.82. The van der Waals surface area contributed by atoms with Gasteiger partial charge in [-0.25, -0.2) is 4.98 Å². The van der Waals surface area contributed by atoms with Gasteiger partial charge < -0.3 is 9.88 Å². The van der Waals surface area contributed by atoms with Crippen molar-refractivity contribution in [2.75, 3.05) is 5.32 Å². The van der Waals surface area contributed by atoms with E-state index in [2.05, 4.69) is 45.3 Å². The van der Waals surface area contributed by atoms with Crippen LogP contribution in [0, 0.1) is 0 Å². The maximum atomic E-state index is 4.55. The van der Waals surface area contributed by atoms with Gasteiger partial charge in [0.2, 0.25) is 5.95 Å². The molecule has 0 aliphatic heterocycles. The fourth-order valence-corrected chi connectivity index (χ4v) is 3.76. The van der Waals surface area contributed by atoms with Crippen LogP contribution in [0.1, 0.15) is 55.3 Å². The van der Waals surface area contributed by atoms with Gasteiger partial charge in [0.15, 0.2) is 0 Å². The van der Waals surface area contributed by atoms with E-state index in [1.807, 2.05) is 6.20 Å². The highest BCUT2D eigenvalue weighted by atomic mass is 15.2. The minimum atomic E-state index is 0.425. The van der Waals surface area contributed by atoms with Crippen molar-refractivity contribution >= 4 is 5.95 Å². The van der Waals surface area contributed by atoms with Gasteiger partial charge in [-0.05, 0) is 36.8 Å². The zero-order chi connectivity index (χ0) is 13.4. The van der Waals surface area contributed by atoms with Crippen molar-refractivity contribution in [2.45, 2.75) is 50.6 Å². The topological polar surface area (TPSA) is 29.9 Å². The summed E-state index contributed by atoms with van der Waals surface area (Å²) < 4.78 is 2.36. The largest absolute Gasteiger partial charge is 0.349 e. The van der Waals surface area contributed by atoms with Gasteiger partial charge in [-0.3, -0.25) is 0 Å². The maximum absolute atomic E-state index is 4.55. The second-order valence-corrected chi connectivity index (χ2v) is 6.03. The zero-order valence-electron chi connectivity index (χ0n) is 11.8. The van der Waals surface area contributed by atoms with E-state index in [-0.39, 0.29) is 0 Å². The third kappa shape index (κ3) is 2.01. The van der Waals surface area contributed by atoms with Crippen LogP contribution in [0.4, 0.5) is 5.95 Å². The molecule has 1 saturated carbocycles. The van der Waals surface area contributed by atoms with Crippen molar-refractivity contribution in [2.24, 2.45) is 0 Å². The Kier molecular flexibility index (Phi) is 2.98. The van der Waals surface area contributed by atoms with Gasteiger partial charge in [0.05, 0.1) is 6.04 Å². The van der Waals surface area contributed by atoms with Crippen molar-refractivity contribution in [3.8, 4) is 0 Å². The van der Waals surface area contributed by atoms with Crippen LogP contribution in [0.25, 0.3) is 0 Å². The Bertz CT molecular complexity index is 596. The molecule has 0 amide bonds. The molecule has 20 heavy (non-hydrogen) atoms. The second kappa shape index (κ2) is 4.97. The summed E-state index contributed by atoms with van der Waals surface area (Å²) in [6.45, 7) is 0. The molecule has 1 unspecified atom stereocenters. The van der Waals surface area contributed by atoms with Gasteiger partial charge in [0, 0.05) is 18.4 Å². The molecule has 0 spiro atoms. The lowest BCUT2D eigenvalue weighted by Crippen LogP contribution is -2.14. The molecule has 1 atom stereocenters. The maximum Gasteiger partial charge on any atom is 0.203 e. The lowest BCUT2D eigenvalue weighted by Gasteiger charge is -2.19. The quantitative estimate of drug-likeness (QED) is 0.907. The normalized spacial score (nSPS) is 22.1. The summed E-state index contributed by atoms with van der Waals surface area (Å²) in [4.78, 5) is 4.55. The molecule has 2 aromatic rings. The van der Waals surface area contributed by atoms with Gasteiger partial charge in [-0.15, -0.1) is 0 Å². The number of benzene rings is 1. The number of nitrogens with one attached hydrogen (secondary N) is 1. The Balaban J connectivity index is 1.57. The van der Waals surface area contributed by atoms with Crippen LogP contribution in [0.15, 0.2) is 36.7 Å². The highest BCUT2D eigenvalue weighted by Crippen LogP contribution is 2.36. The third-order valence-corrected chi connectivity index (χ3v) is 4.82. The SMILES string of the molecule is c1ccc2c(c1)CCC2Nc1nccn1C1CCCC1. The monoisotopic (exact) mass is 267 g/mol. The Morgan fingerprint density at radius 3 is 2.85 bits per heavy atom. The molecule has 3 heteroatoms. The molecule has 1 N–H and O–H groups in total. The van der Waals surface area contributed by atoms with Crippen LogP contribution in [-0.2, 0) is 6.42 Å². The number of fused-ring (bicyclic) bond motifs is 1. The molecule has 2 aliphatic rings. The number of rotatable bonds is 3. The van der Waals surface area contributed by atoms with Crippen LogP contribution in [-0.4, -0.2) is 9.55 Å². The summed E-state index contributed by atoms with van der Waals surface area (Å²) in [7, 11) is 0. The molecule has 1 heterocycles. The van der Waals surface area contributed by atoms with Crippen molar-refractivity contribution in [1.82, 2.24) is 9.55 Å². The van der Waals surface area contributed by atoms with E-state index in [0.717, 1.165) is 5.95 Å². The summed E-state index contributed by atoms with van der Waals surface area (Å²) in [5, 5.41) is 3.67. The van der Waals surface area contributed by atoms with Crippen LogP contribution in [0.5, 0.6) is 0 Å². The highest BCUT2D eigenvalue weighted by molar-refractivity contribution is 5.41. The van der Waals surface area contributed by atoms with E-state index >= 15 is 0 Å². The van der Waals surface area contributed by atoms with Crippen LogP contribution >= 0.6 is 0 Å². The average Bonchev–Trinajstić information content (AvgIpc) is 3.19. The minimum absolute atomic E-state index is 0.425. The summed E-state index contributed by atoms with van der Waals surface area (Å²) in [5.74, 6) is 1.05. The van der Waals surface area contributed by atoms with Gasteiger partial charge in [-0.1, -0.05) is 37.1 Å². The molecule has 3 nitrogen and oxygen atoms in total. The van der Waals surface area contributed by atoms with E-state index < -0.39 is 0 Å². The molecule has 0 bridgehead atoms. The first-order chi connectivity index (χ1) is 9.92. The number of imidazole rings is 1. The Morgan fingerprint density at radius 1 is 1.10 bits per heavy atom. The van der Waals surface area contributed by atoms with E-state index in [1.54, 1.807) is 0 Å². The molecular weight excluding hydrogens is 246 g/mol. The molecule has 0 saturated heterocycles. The Labute approximate surface area is 120 Å². The van der Waals surface area contributed by atoms with Crippen molar-refractivity contribution < 1.29 is 0 Å².